The maximum atomic E-state index is 5.93. The third-order valence-corrected chi connectivity index (χ3v) is 3.23. The molecule has 0 radical (unpaired) electrons. The normalized spacial score (nSPS) is 10.4. The second-order valence-electron chi connectivity index (χ2n) is 3.60. The minimum Gasteiger partial charge on any atom is -0.372 e. The van der Waals surface area contributed by atoms with Crippen molar-refractivity contribution in [3.8, 4) is 11.4 Å². The van der Waals surface area contributed by atoms with Crippen LogP contribution in [0.3, 0.4) is 0 Å². The van der Waals surface area contributed by atoms with Gasteiger partial charge in [-0.25, -0.2) is 9.97 Å². The van der Waals surface area contributed by atoms with Gasteiger partial charge in [-0.2, -0.15) is 0 Å². The average Bonchev–Trinajstić information content (AvgIpc) is 2.30. The van der Waals surface area contributed by atoms with E-state index < -0.39 is 0 Å². The maximum absolute atomic E-state index is 5.93. The highest BCUT2D eigenvalue weighted by Crippen LogP contribution is 2.26. The summed E-state index contributed by atoms with van der Waals surface area (Å²) in [7, 11) is 1.82. The van der Waals surface area contributed by atoms with E-state index in [-0.39, 0.29) is 0 Å². The fraction of sp³-hybridized carbons (Fsp3) is 0.167. The van der Waals surface area contributed by atoms with Crippen LogP contribution in [-0.2, 0) is 0 Å². The van der Waals surface area contributed by atoms with Gasteiger partial charge in [0.25, 0.3) is 0 Å². The highest BCUT2D eigenvalue weighted by atomic mass is 79.9. The molecule has 0 bridgehead atoms. The van der Waals surface area contributed by atoms with Gasteiger partial charge in [-0.3, -0.25) is 0 Å². The van der Waals surface area contributed by atoms with E-state index in [1.54, 1.807) is 6.20 Å². The van der Waals surface area contributed by atoms with Gasteiger partial charge < -0.3 is 5.32 Å². The standard InChI is InChI=1S/C12H11BrClN3/c1-7-5-8(14)3-4-9(7)11-16-6-10(13)12(15-2)17-11/h3-6H,1-2H3,(H,15,16,17). The number of halogens is 2. The topological polar surface area (TPSA) is 37.8 Å². The predicted octanol–water partition coefficient (Wildman–Crippen LogP) is 3.91. The van der Waals surface area contributed by atoms with Gasteiger partial charge in [0.1, 0.15) is 5.82 Å². The Bertz CT molecular complexity index is 557. The van der Waals surface area contributed by atoms with E-state index in [1.807, 2.05) is 32.2 Å². The smallest absolute Gasteiger partial charge is 0.161 e. The second-order valence-corrected chi connectivity index (χ2v) is 4.89. The highest BCUT2D eigenvalue weighted by molar-refractivity contribution is 9.10. The van der Waals surface area contributed by atoms with Gasteiger partial charge >= 0.3 is 0 Å². The number of hydrogen-bond acceptors (Lipinski definition) is 3. The minimum atomic E-state index is 0.687. The predicted molar refractivity (Wildman–Crippen MR) is 74.5 cm³/mol. The molecule has 2 rings (SSSR count). The zero-order valence-corrected chi connectivity index (χ0v) is 11.8. The second kappa shape index (κ2) is 5.02. The lowest BCUT2D eigenvalue weighted by Gasteiger charge is -2.08. The van der Waals surface area contributed by atoms with Gasteiger partial charge in [-0.1, -0.05) is 11.6 Å². The molecule has 0 saturated carbocycles. The number of hydrogen-bond donors (Lipinski definition) is 1. The van der Waals surface area contributed by atoms with E-state index in [1.165, 1.54) is 0 Å². The summed E-state index contributed by atoms with van der Waals surface area (Å²) in [5.74, 6) is 1.45. The lowest BCUT2D eigenvalue weighted by Crippen LogP contribution is -1.98. The molecule has 1 heterocycles. The Kier molecular flexibility index (Phi) is 3.64. The molecule has 0 aliphatic carbocycles. The molecule has 0 unspecified atom stereocenters. The van der Waals surface area contributed by atoms with E-state index in [2.05, 4.69) is 31.2 Å². The first-order valence-electron chi connectivity index (χ1n) is 5.08. The molecular weight excluding hydrogens is 302 g/mol. The molecule has 0 fully saturated rings. The monoisotopic (exact) mass is 311 g/mol. The molecule has 0 aliphatic heterocycles. The van der Waals surface area contributed by atoms with Gasteiger partial charge in [0.15, 0.2) is 5.82 Å². The van der Waals surface area contributed by atoms with Crippen molar-refractivity contribution in [3.05, 3.63) is 39.5 Å². The Labute approximate surface area is 113 Å². The average molecular weight is 313 g/mol. The molecule has 17 heavy (non-hydrogen) atoms. The van der Waals surface area contributed by atoms with Gasteiger partial charge in [-0.05, 0) is 46.6 Å². The molecular formula is C12H11BrClN3. The molecule has 0 amide bonds. The SMILES string of the molecule is CNc1nc(-c2ccc(Cl)cc2C)ncc1Br. The van der Waals surface area contributed by atoms with Crippen molar-refractivity contribution in [1.82, 2.24) is 9.97 Å². The maximum Gasteiger partial charge on any atom is 0.161 e. The van der Waals surface area contributed by atoms with Crippen LogP contribution in [-0.4, -0.2) is 17.0 Å². The van der Waals surface area contributed by atoms with Crippen molar-refractivity contribution in [2.45, 2.75) is 6.92 Å². The number of rotatable bonds is 2. The van der Waals surface area contributed by atoms with Crippen molar-refractivity contribution in [1.29, 1.82) is 0 Å². The number of benzene rings is 1. The van der Waals surface area contributed by atoms with E-state index in [9.17, 15) is 0 Å². The van der Waals surface area contributed by atoms with Crippen LogP contribution in [0.15, 0.2) is 28.9 Å². The molecule has 0 atom stereocenters. The lowest BCUT2D eigenvalue weighted by atomic mass is 10.1. The molecule has 1 aromatic heterocycles. The molecule has 3 nitrogen and oxygen atoms in total. The zero-order valence-electron chi connectivity index (χ0n) is 9.46. The van der Waals surface area contributed by atoms with Crippen molar-refractivity contribution in [3.63, 3.8) is 0 Å². The molecule has 0 aliphatic rings. The molecule has 88 valence electrons. The van der Waals surface area contributed by atoms with Gasteiger partial charge in [-0.15, -0.1) is 0 Å². The largest absolute Gasteiger partial charge is 0.372 e. The van der Waals surface area contributed by atoms with Crippen LogP contribution in [0, 0.1) is 6.92 Å². The number of anilines is 1. The number of nitrogens with zero attached hydrogens (tertiary/aromatic N) is 2. The van der Waals surface area contributed by atoms with Gasteiger partial charge in [0, 0.05) is 23.8 Å². The van der Waals surface area contributed by atoms with Crippen molar-refractivity contribution < 1.29 is 0 Å². The van der Waals surface area contributed by atoms with E-state index in [4.69, 9.17) is 11.6 Å². The van der Waals surface area contributed by atoms with Crippen molar-refractivity contribution in [2.24, 2.45) is 0 Å². The van der Waals surface area contributed by atoms with Crippen LogP contribution in [0.4, 0.5) is 5.82 Å². The van der Waals surface area contributed by atoms with E-state index in [0.29, 0.717) is 5.82 Å². The third kappa shape index (κ3) is 2.58. The quantitative estimate of drug-likeness (QED) is 0.913. The number of aryl methyl sites for hydroxylation is 1. The summed E-state index contributed by atoms with van der Waals surface area (Å²) in [6.07, 6.45) is 1.74. The minimum absolute atomic E-state index is 0.687. The molecule has 0 saturated heterocycles. The Balaban J connectivity index is 2.53. The van der Waals surface area contributed by atoms with E-state index >= 15 is 0 Å². The van der Waals surface area contributed by atoms with Crippen molar-refractivity contribution in [2.75, 3.05) is 12.4 Å². The number of nitrogens with one attached hydrogen (secondary N) is 1. The highest BCUT2D eigenvalue weighted by Gasteiger charge is 2.08. The summed E-state index contributed by atoms with van der Waals surface area (Å²) in [6, 6.07) is 5.68. The molecule has 1 aromatic carbocycles. The van der Waals surface area contributed by atoms with Crippen LogP contribution in [0.5, 0.6) is 0 Å². The first-order valence-corrected chi connectivity index (χ1v) is 6.25. The first-order chi connectivity index (χ1) is 8.11. The molecule has 0 spiro atoms. The lowest BCUT2D eigenvalue weighted by molar-refractivity contribution is 1.14. The molecule has 5 heteroatoms. The van der Waals surface area contributed by atoms with Crippen molar-refractivity contribution >= 4 is 33.3 Å². The Morgan fingerprint density at radius 1 is 1.35 bits per heavy atom. The Morgan fingerprint density at radius 3 is 2.76 bits per heavy atom. The summed E-state index contributed by atoms with van der Waals surface area (Å²) < 4.78 is 0.843. The Morgan fingerprint density at radius 2 is 2.12 bits per heavy atom. The summed E-state index contributed by atoms with van der Waals surface area (Å²) >= 11 is 9.31. The zero-order chi connectivity index (χ0) is 12.4. The summed E-state index contributed by atoms with van der Waals surface area (Å²) in [6.45, 7) is 1.99. The summed E-state index contributed by atoms with van der Waals surface area (Å²) in [5, 5.41) is 3.73. The Hall–Kier alpha value is -1.13. The number of aromatic nitrogens is 2. The van der Waals surface area contributed by atoms with Crippen LogP contribution in [0.2, 0.25) is 5.02 Å². The summed E-state index contributed by atoms with van der Waals surface area (Å²) in [4.78, 5) is 8.75. The molecule has 2 aromatic rings. The third-order valence-electron chi connectivity index (χ3n) is 2.41. The van der Waals surface area contributed by atoms with E-state index in [0.717, 1.165) is 26.4 Å². The molecule has 1 N–H and O–H groups in total. The fourth-order valence-corrected chi connectivity index (χ4v) is 2.17. The van der Waals surface area contributed by atoms with Crippen LogP contribution >= 0.6 is 27.5 Å². The summed E-state index contributed by atoms with van der Waals surface area (Å²) in [5.41, 5.74) is 2.04. The van der Waals surface area contributed by atoms with Crippen LogP contribution in [0.1, 0.15) is 5.56 Å². The van der Waals surface area contributed by atoms with Crippen LogP contribution in [0.25, 0.3) is 11.4 Å². The fourth-order valence-electron chi connectivity index (χ4n) is 1.55. The van der Waals surface area contributed by atoms with Gasteiger partial charge in [0.05, 0.1) is 4.47 Å². The first kappa shape index (κ1) is 12.3. The van der Waals surface area contributed by atoms with Gasteiger partial charge in [0.2, 0.25) is 0 Å². The van der Waals surface area contributed by atoms with Crippen LogP contribution < -0.4 is 5.32 Å².